The van der Waals surface area contributed by atoms with Crippen LogP contribution in [0.4, 0.5) is 4.39 Å². The summed E-state index contributed by atoms with van der Waals surface area (Å²) in [4.78, 5) is 12.5. The molecule has 3 aromatic rings. The highest BCUT2D eigenvalue weighted by Crippen LogP contribution is 2.29. The number of benzene rings is 3. The van der Waals surface area contributed by atoms with Crippen LogP contribution in [0.2, 0.25) is 0 Å². The van der Waals surface area contributed by atoms with Crippen LogP contribution in [0.25, 0.3) is 6.08 Å². The molecule has 0 aliphatic heterocycles. The van der Waals surface area contributed by atoms with E-state index in [9.17, 15) is 14.4 Å². The summed E-state index contributed by atoms with van der Waals surface area (Å²) in [6.07, 6.45) is 1.47. The molecular weight excluding hydrogens is 423 g/mol. The standard InChI is InChI=1S/C26H23FN2O4/c1-31-23-9-6-18(7-10-23)16-29-26(30)21(15-28)12-19-8-11-24(25(14-19)32-2)33-17-20-4-3-5-22(27)13-20/h3-14H,16-17H2,1-2H3,(H,29,30)/b21-12-. The zero-order chi connectivity index (χ0) is 23.6. The quantitative estimate of drug-likeness (QED) is 0.382. The smallest absolute Gasteiger partial charge is 0.262 e. The summed E-state index contributed by atoms with van der Waals surface area (Å²) < 4.78 is 29.6. The molecule has 0 bridgehead atoms. The molecule has 6 nitrogen and oxygen atoms in total. The first kappa shape index (κ1) is 23.4. The molecule has 0 unspecified atom stereocenters. The molecule has 7 heteroatoms. The molecule has 0 fully saturated rings. The van der Waals surface area contributed by atoms with Gasteiger partial charge in [0.25, 0.3) is 5.91 Å². The van der Waals surface area contributed by atoms with Crippen molar-refractivity contribution in [2.45, 2.75) is 13.2 Å². The Morgan fingerprint density at radius 2 is 1.79 bits per heavy atom. The molecule has 1 amide bonds. The molecule has 0 heterocycles. The maximum atomic E-state index is 13.3. The lowest BCUT2D eigenvalue weighted by atomic mass is 10.1. The molecule has 0 aliphatic rings. The van der Waals surface area contributed by atoms with Crippen molar-refractivity contribution in [2.75, 3.05) is 14.2 Å². The summed E-state index contributed by atoms with van der Waals surface area (Å²) in [5, 5.41) is 12.2. The van der Waals surface area contributed by atoms with Crippen LogP contribution in [0.3, 0.4) is 0 Å². The van der Waals surface area contributed by atoms with Crippen LogP contribution < -0.4 is 19.5 Å². The van der Waals surface area contributed by atoms with Crippen LogP contribution in [-0.2, 0) is 17.9 Å². The second-order valence-corrected chi connectivity index (χ2v) is 7.03. The van der Waals surface area contributed by atoms with E-state index in [1.165, 1.54) is 25.3 Å². The summed E-state index contributed by atoms with van der Waals surface area (Å²) in [6.45, 7) is 0.443. The van der Waals surface area contributed by atoms with Gasteiger partial charge in [0.2, 0.25) is 0 Å². The minimum absolute atomic E-state index is 0.0426. The Labute approximate surface area is 191 Å². The van der Waals surface area contributed by atoms with E-state index in [0.29, 0.717) is 22.6 Å². The lowest BCUT2D eigenvalue weighted by Gasteiger charge is -2.12. The molecule has 1 N–H and O–H groups in total. The van der Waals surface area contributed by atoms with Gasteiger partial charge in [-0.2, -0.15) is 5.26 Å². The second kappa shape index (κ2) is 11.3. The second-order valence-electron chi connectivity index (χ2n) is 7.03. The fraction of sp³-hybridized carbons (Fsp3) is 0.154. The molecule has 0 saturated heterocycles. The van der Waals surface area contributed by atoms with Crippen molar-refractivity contribution in [3.63, 3.8) is 0 Å². The number of carbonyl (C=O) groups is 1. The monoisotopic (exact) mass is 446 g/mol. The van der Waals surface area contributed by atoms with E-state index in [-0.39, 0.29) is 24.5 Å². The van der Waals surface area contributed by atoms with Crippen LogP contribution in [0.1, 0.15) is 16.7 Å². The Morgan fingerprint density at radius 3 is 2.45 bits per heavy atom. The van der Waals surface area contributed by atoms with Gasteiger partial charge in [0, 0.05) is 6.54 Å². The third-order valence-electron chi connectivity index (χ3n) is 4.76. The summed E-state index contributed by atoms with van der Waals surface area (Å²) in [7, 11) is 3.07. The minimum atomic E-state index is -0.487. The SMILES string of the molecule is COc1ccc(CNC(=O)/C(C#N)=C\c2ccc(OCc3cccc(F)c3)c(OC)c2)cc1. The van der Waals surface area contributed by atoms with Gasteiger partial charge in [-0.3, -0.25) is 4.79 Å². The number of carbonyl (C=O) groups excluding carboxylic acids is 1. The number of hydrogen-bond donors (Lipinski definition) is 1. The fourth-order valence-corrected chi connectivity index (χ4v) is 3.02. The molecule has 3 rings (SSSR count). The van der Waals surface area contributed by atoms with E-state index >= 15 is 0 Å². The normalized spacial score (nSPS) is 10.8. The van der Waals surface area contributed by atoms with Crippen LogP contribution >= 0.6 is 0 Å². The van der Waals surface area contributed by atoms with Crippen molar-refractivity contribution >= 4 is 12.0 Å². The molecule has 3 aromatic carbocycles. The van der Waals surface area contributed by atoms with Crippen molar-refractivity contribution in [2.24, 2.45) is 0 Å². The lowest BCUT2D eigenvalue weighted by molar-refractivity contribution is -0.117. The number of nitrogens with one attached hydrogen (secondary N) is 1. The largest absolute Gasteiger partial charge is 0.497 e. The van der Waals surface area contributed by atoms with Gasteiger partial charge in [0.05, 0.1) is 14.2 Å². The molecule has 0 spiro atoms. The Balaban J connectivity index is 1.67. The highest BCUT2D eigenvalue weighted by molar-refractivity contribution is 6.01. The minimum Gasteiger partial charge on any atom is -0.497 e. The zero-order valence-electron chi connectivity index (χ0n) is 18.3. The summed E-state index contributed by atoms with van der Waals surface area (Å²) in [5.74, 6) is 0.786. The van der Waals surface area contributed by atoms with E-state index in [1.54, 1.807) is 49.6 Å². The summed E-state index contributed by atoms with van der Waals surface area (Å²) in [5.41, 5.74) is 2.12. The van der Waals surface area contributed by atoms with Crippen molar-refractivity contribution in [1.29, 1.82) is 5.26 Å². The predicted molar refractivity (Wildman–Crippen MR) is 122 cm³/mol. The summed E-state index contributed by atoms with van der Waals surface area (Å²) >= 11 is 0. The van der Waals surface area contributed by atoms with E-state index < -0.39 is 5.91 Å². The highest BCUT2D eigenvalue weighted by atomic mass is 19.1. The maximum Gasteiger partial charge on any atom is 0.262 e. The van der Waals surface area contributed by atoms with E-state index in [1.807, 2.05) is 18.2 Å². The van der Waals surface area contributed by atoms with Crippen LogP contribution in [0.5, 0.6) is 17.2 Å². The Morgan fingerprint density at radius 1 is 1.00 bits per heavy atom. The first-order chi connectivity index (χ1) is 16.0. The molecule has 0 atom stereocenters. The molecule has 168 valence electrons. The number of hydrogen-bond acceptors (Lipinski definition) is 5. The highest BCUT2D eigenvalue weighted by Gasteiger charge is 2.11. The topological polar surface area (TPSA) is 80.6 Å². The average molecular weight is 446 g/mol. The molecular formula is C26H23FN2O4. The Hall–Kier alpha value is -4.31. The van der Waals surface area contributed by atoms with Gasteiger partial charge in [-0.25, -0.2) is 4.39 Å². The van der Waals surface area contributed by atoms with Gasteiger partial charge in [0.1, 0.15) is 29.8 Å². The number of amides is 1. The van der Waals surface area contributed by atoms with Gasteiger partial charge in [-0.05, 0) is 59.2 Å². The van der Waals surface area contributed by atoms with Gasteiger partial charge >= 0.3 is 0 Å². The van der Waals surface area contributed by atoms with Gasteiger partial charge in [-0.1, -0.05) is 30.3 Å². The first-order valence-corrected chi connectivity index (χ1v) is 10.1. The third kappa shape index (κ3) is 6.58. The Bertz CT molecular complexity index is 1180. The Kier molecular flexibility index (Phi) is 8.03. The number of rotatable bonds is 9. The number of nitriles is 1. The average Bonchev–Trinajstić information content (AvgIpc) is 2.85. The van der Waals surface area contributed by atoms with E-state index in [2.05, 4.69) is 5.32 Å². The van der Waals surface area contributed by atoms with Gasteiger partial charge in [-0.15, -0.1) is 0 Å². The van der Waals surface area contributed by atoms with Crippen LogP contribution in [0, 0.1) is 17.1 Å². The molecule has 0 aliphatic carbocycles. The number of nitrogens with zero attached hydrogens (tertiary/aromatic N) is 1. The predicted octanol–water partition coefficient (Wildman–Crippen LogP) is 4.65. The summed E-state index contributed by atoms with van der Waals surface area (Å²) in [6, 6.07) is 20.4. The van der Waals surface area contributed by atoms with Crippen molar-refractivity contribution in [1.82, 2.24) is 5.32 Å². The van der Waals surface area contributed by atoms with E-state index in [0.717, 1.165) is 11.3 Å². The molecule has 0 saturated carbocycles. The van der Waals surface area contributed by atoms with Gasteiger partial charge in [0.15, 0.2) is 11.5 Å². The maximum absolute atomic E-state index is 13.3. The van der Waals surface area contributed by atoms with Gasteiger partial charge < -0.3 is 19.5 Å². The van der Waals surface area contributed by atoms with Crippen LogP contribution in [-0.4, -0.2) is 20.1 Å². The fourth-order valence-electron chi connectivity index (χ4n) is 3.02. The number of methoxy groups -OCH3 is 2. The van der Waals surface area contributed by atoms with Crippen molar-refractivity contribution in [3.05, 3.63) is 94.8 Å². The zero-order valence-corrected chi connectivity index (χ0v) is 18.3. The molecule has 0 aromatic heterocycles. The number of ether oxygens (including phenoxy) is 3. The molecule has 0 radical (unpaired) electrons. The lowest BCUT2D eigenvalue weighted by Crippen LogP contribution is -2.23. The third-order valence-corrected chi connectivity index (χ3v) is 4.76. The van der Waals surface area contributed by atoms with E-state index in [4.69, 9.17) is 14.2 Å². The first-order valence-electron chi connectivity index (χ1n) is 10.1. The van der Waals surface area contributed by atoms with Crippen molar-refractivity contribution < 1.29 is 23.4 Å². The van der Waals surface area contributed by atoms with Crippen LogP contribution in [0.15, 0.2) is 72.3 Å². The number of halogens is 1. The molecule has 33 heavy (non-hydrogen) atoms. The van der Waals surface area contributed by atoms with Crippen molar-refractivity contribution in [3.8, 4) is 23.3 Å².